The third kappa shape index (κ3) is 10.7. The van der Waals surface area contributed by atoms with Gasteiger partial charge in [0.15, 0.2) is 5.71 Å². The normalized spacial score (nSPS) is 14.0. The van der Waals surface area contributed by atoms with E-state index in [2.05, 4.69) is 56.4 Å². The lowest BCUT2D eigenvalue weighted by Gasteiger charge is -2.20. The number of hydrazone groups is 1. The molecular formula is C31H25Cl2N11O14S4. The molecule has 0 fully saturated rings. The van der Waals surface area contributed by atoms with Crippen LogP contribution in [0.1, 0.15) is 29.8 Å². The number of rotatable bonds is 14. The van der Waals surface area contributed by atoms with Crippen LogP contribution in [-0.4, -0.2) is 99.4 Å². The number of halogens is 2. The van der Waals surface area contributed by atoms with Gasteiger partial charge in [-0.15, -0.1) is 0 Å². The van der Waals surface area contributed by atoms with Gasteiger partial charge in [0, 0.05) is 5.69 Å². The summed E-state index contributed by atoms with van der Waals surface area (Å²) in [5, 5.41) is 10.7. The fourth-order valence-corrected chi connectivity index (χ4v) is 8.09. The molecule has 0 saturated carbocycles. The summed E-state index contributed by atoms with van der Waals surface area (Å²) in [6, 6.07) is 9.05. The first-order valence-electron chi connectivity index (χ1n) is 16.5. The average molecular weight is 975 g/mol. The van der Waals surface area contributed by atoms with Crippen molar-refractivity contribution in [2.75, 3.05) is 21.4 Å². The summed E-state index contributed by atoms with van der Waals surface area (Å²) in [5.41, 5.74) is -1.25. The molecule has 6 rings (SSSR count). The van der Waals surface area contributed by atoms with Crippen molar-refractivity contribution < 1.29 is 61.4 Å². The maximum atomic E-state index is 14.1. The lowest BCUT2D eigenvalue weighted by molar-refractivity contribution is 0.106. The molecule has 0 bridgehead atoms. The molecule has 2 aromatic heterocycles. The molecule has 0 aliphatic heterocycles. The number of nitrogens with one attached hydrogen (secondary N) is 4. The number of anilines is 7. The summed E-state index contributed by atoms with van der Waals surface area (Å²) in [4.78, 5) is 34.3. The molecule has 5 aromatic rings. The Bertz CT molecular complexity index is 3210. The van der Waals surface area contributed by atoms with Crippen LogP contribution in [0.15, 0.2) is 79.3 Å². The minimum Gasteiger partial charge on any atom is -0.461 e. The van der Waals surface area contributed by atoms with Gasteiger partial charge in [0.2, 0.25) is 34.2 Å². The van der Waals surface area contributed by atoms with Crippen LogP contribution in [0.25, 0.3) is 6.08 Å². The summed E-state index contributed by atoms with van der Waals surface area (Å²) >= 11 is 12.2. The fraction of sp³-hybridized carbons (Fsp3) is 0.0968. The first kappa shape index (κ1) is 45.5. The Kier molecular flexibility index (Phi) is 12.5. The van der Waals surface area contributed by atoms with Gasteiger partial charge >= 0.3 is 6.01 Å². The fourth-order valence-electron chi connectivity index (χ4n) is 5.31. The molecule has 2 heterocycles. The molecule has 3 aromatic carbocycles. The second-order valence-corrected chi connectivity index (χ2v) is 18.7. The predicted octanol–water partition coefficient (Wildman–Crippen LogP) is 4.01. The van der Waals surface area contributed by atoms with E-state index < -0.39 is 111 Å². The smallest absolute Gasteiger partial charge is 0.322 e. The van der Waals surface area contributed by atoms with Gasteiger partial charge in [0.05, 0.1) is 33.6 Å². The van der Waals surface area contributed by atoms with Crippen molar-refractivity contribution in [1.29, 1.82) is 0 Å². The number of Topliss-reactive ketones (excluding diaryl/α,β-unsaturated/α-hetero) is 1. The Balaban J connectivity index is 1.40. The van der Waals surface area contributed by atoms with Crippen molar-refractivity contribution in [3.05, 3.63) is 81.2 Å². The standard InChI is InChI=1S/C31H25Cl2N11O14S4/c1-13(2)58-31-40-27(33)39-30(42-31)35-18-11-15(7-8-21(18)61(52,53)54)34-28-37-26(32)38-29(41-28)36-19-12-16(59(46,47)48)9-14-10-22(62(55,56)57)24(25(45)23(14)19)44-43-17-5-3-4-6-20(17)60(49,50)51/h3-13,43H,1-2H3,(H,46,47,48)(H,49,50,51)(H,52,53,54)(H,55,56,57)(H,35,39,40,42)(H2,34,36,37,38,41)/b44-24+. The predicted molar refractivity (Wildman–Crippen MR) is 219 cm³/mol. The number of aromatic nitrogens is 6. The number of fused-ring (bicyclic) bond motifs is 1. The second-order valence-electron chi connectivity index (χ2n) is 12.5. The minimum atomic E-state index is -5.36. The van der Waals surface area contributed by atoms with Gasteiger partial charge < -0.3 is 20.7 Å². The van der Waals surface area contributed by atoms with E-state index >= 15 is 0 Å². The Morgan fingerprint density at radius 2 is 1.23 bits per heavy atom. The third-order valence-electron chi connectivity index (χ3n) is 7.68. The largest absolute Gasteiger partial charge is 0.461 e. The molecule has 0 atom stereocenters. The second kappa shape index (κ2) is 17.0. The van der Waals surface area contributed by atoms with Crippen LogP contribution in [0.3, 0.4) is 0 Å². The molecule has 0 amide bonds. The highest BCUT2D eigenvalue weighted by Gasteiger charge is 2.36. The first-order chi connectivity index (χ1) is 28.8. The molecule has 0 unspecified atom stereocenters. The molecule has 25 nitrogen and oxygen atoms in total. The maximum absolute atomic E-state index is 14.1. The van der Waals surface area contributed by atoms with E-state index in [1.165, 1.54) is 18.2 Å². The highest BCUT2D eigenvalue weighted by Crippen LogP contribution is 2.36. The highest BCUT2D eigenvalue weighted by atomic mass is 35.5. The summed E-state index contributed by atoms with van der Waals surface area (Å²) < 4.78 is 143. The topological polar surface area (TPSA) is 382 Å². The molecule has 0 spiro atoms. The molecule has 8 N–H and O–H groups in total. The van der Waals surface area contributed by atoms with E-state index in [0.717, 1.165) is 30.3 Å². The van der Waals surface area contributed by atoms with E-state index in [-0.39, 0.29) is 34.7 Å². The Hall–Kier alpha value is -6.02. The van der Waals surface area contributed by atoms with Crippen molar-refractivity contribution >= 4 is 122 Å². The van der Waals surface area contributed by atoms with Gasteiger partial charge in [0.1, 0.15) is 14.7 Å². The zero-order valence-corrected chi connectivity index (χ0v) is 35.5. The molecule has 62 heavy (non-hydrogen) atoms. The Labute approximate surface area is 359 Å². The van der Waals surface area contributed by atoms with E-state index in [9.17, 15) is 56.7 Å². The van der Waals surface area contributed by atoms with Gasteiger partial charge in [-0.1, -0.05) is 12.1 Å². The number of allylic oxidation sites excluding steroid dienone is 1. The van der Waals surface area contributed by atoms with E-state index in [0.29, 0.717) is 12.1 Å². The molecule has 31 heteroatoms. The summed E-state index contributed by atoms with van der Waals surface area (Å²) in [5.74, 6) is -2.56. The van der Waals surface area contributed by atoms with Crippen LogP contribution in [0, 0.1) is 0 Å². The number of hydrogen-bond donors (Lipinski definition) is 8. The maximum Gasteiger partial charge on any atom is 0.322 e. The van der Waals surface area contributed by atoms with Crippen LogP contribution in [-0.2, 0) is 40.5 Å². The Morgan fingerprint density at radius 3 is 1.84 bits per heavy atom. The molecular weight excluding hydrogens is 950 g/mol. The summed E-state index contributed by atoms with van der Waals surface area (Å²) in [7, 11) is -20.2. The van der Waals surface area contributed by atoms with Gasteiger partial charge in [-0.2, -0.15) is 68.7 Å². The lowest BCUT2D eigenvalue weighted by atomic mass is 9.93. The number of hydrogen-bond acceptors (Lipinski definition) is 21. The molecule has 1 aliphatic carbocycles. The van der Waals surface area contributed by atoms with Crippen LogP contribution in [0.4, 0.5) is 40.6 Å². The summed E-state index contributed by atoms with van der Waals surface area (Å²) in [6.07, 6.45) is 0.237. The van der Waals surface area contributed by atoms with Gasteiger partial charge in [-0.05, 0) is 91.2 Å². The van der Waals surface area contributed by atoms with E-state index in [1.807, 2.05) is 0 Å². The van der Waals surface area contributed by atoms with Gasteiger partial charge in [-0.25, -0.2) is 0 Å². The van der Waals surface area contributed by atoms with Crippen molar-refractivity contribution in [3.8, 4) is 6.01 Å². The van der Waals surface area contributed by atoms with E-state index in [4.69, 9.17) is 27.9 Å². The number of para-hydroxylation sites is 1. The van der Waals surface area contributed by atoms with Crippen molar-refractivity contribution in [1.82, 2.24) is 29.9 Å². The lowest BCUT2D eigenvalue weighted by Crippen LogP contribution is -2.28. The quantitative estimate of drug-likeness (QED) is 0.0575. The number of nitrogens with zero attached hydrogens (tertiary/aromatic N) is 7. The summed E-state index contributed by atoms with van der Waals surface area (Å²) in [6.45, 7) is 3.36. The van der Waals surface area contributed by atoms with Gasteiger partial charge in [0.25, 0.3) is 40.5 Å². The van der Waals surface area contributed by atoms with Crippen LogP contribution in [0.5, 0.6) is 6.01 Å². The van der Waals surface area contributed by atoms with Crippen molar-refractivity contribution in [2.45, 2.75) is 34.6 Å². The molecule has 0 saturated heterocycles. The van der Waals surface area contributed by atoms with Crippen molar-refractivity contribution in [2.24, 2.45) is 5.10 Å². The molecule has 1 aliphatic rings. The monoisotopic (exact) mass is 973 g/mol. The number of benzene rings is 3. The SMILES string of the molecule is CC(C)Oc1nc(Cl)nc(Nc2cc(Nc3nc(Cl)nc(Nc4cc(S(=O)(=O)O)cc5c4C(=O)/C(=N/Nc4ccccc4S(=O)(=O)O)C(S(=O)(=O)O)=C5)n3)ccc2S(=O)(=O)O)n1. The Morgan fingerprint density at radius 1 is 0.645 bits per heavy atom. The van der Waals surface area contributed by atoms with Crippen LogP contribution >= 0.6 is 23.2 Å². The average Bonchev–Trinajstić information content (AvgIpc) is 3.12. The number of carbonyl (C=O) groups excluding carboxylic acids is 1. The molecule has 0 radical (unpaired) electrons. The van der Waals surface area contributed by atoms with Gasteiger partial charge in [-0.3, -0.25) is 28.4 Å². The number of ketones is 1. The van der Waals surface area contributed by atoms with Crippen LogP contribution < -0.4 is 26.1 Å². The minimum absolute atomic E-state index is 0.0136. The van der Waals surface area contributed by atoms with Crippen LogP contribution in [0.2, 0.25) is 10.6 Å². The molecule has 326 valence electrons. The highest BCUT2D eigenvalue weighted by molar-refractivity contribution is 7.91. The third-order valence-corrected chi connectivity index (χ3v) is 11.5. The van der Waals surface area contributed by atoms with E-state index in [1.54, 1.807) is 13.8 Å². The zero-order chi connectivity index (χ0) is 45.5. The van der Waals surface area contributed by atoms with Crippen molar-refractivity contribution in [3.63, 3.8) is 0 Å². The first-order valence-corrected chi connectivity index (χ1v) is 23.0. The number of ether oxygens (including phenoxy) is 1. The zero-order valence-electron chi connectivity index (χ0n) is 30.7. The number of carbonyl (C=O) groups is 1.